The number of hydrogen-bond donors (Lipinski definition) is 1. The van der Waals surface area contributed by atoms with Crippen molar-refractivity contribution in [1.82, 2.24) is 14.6 Å². The number of aryl methyl sites for hydroxylation is 2. The van der Waals surface area contributed by atoms with Gasteiger partial charge in [0, 0.05) is 24.4 Å². The number of ether oxygens (including phenoxy) is 1. The van der Waals surface area contributed by atoms with E-state index < -0.39 is 0 Å². The van der Waals surface area contributed by atoms with Crippen LogP contribution in [0.4, 0.5) is 5.82 Å². The van der Waals surface area contributed by atoms with Crippen molar-refractivity contribution in [3.8, 4) is 5.75 Å². The molecule has 0 saturated heterocycles. The monoisotopic (exact) mass is 294 g/mol. The fourth-order valence-electron chi connectivity index (χ4n) is 3.05. The molecule has 3 heterocycles. The lowest BCUT2D eigenvalue weighted by molar-refractivity contribution is 0.272. The van der Waals surface area contributed by atoms with E-state index in [0.717, 1.165) is 35.8 Å². The Morgan fingerprint density at radius 2 is 2.23 bits per heavy atom. The first kappa shape index (κ1) is 13.1. The molecule has 0 radical (unpaired) electrons. The number of nitrogens with zero attached hydrogens (tertiary/aromatic N) is 3. The first-order valence-electron chi connectivity index (χ1n) is 7.52. The Bertz CT molecular complexity index is 840. The van der Waals surface area contributed by atoms with Crippen LogP contribution in [0.2, 0.25) is 0 Å². The van der Waals surface area contributed by atoms with Gasteiger partial charge in [0.15, 0.2) is 5.82 Å². The molecule has 0 amide bonds. The van der Waals surface area contributed by atoms with Crippen LogP contribution in [-0.2, 0) is 0 Å². The number of benzene rings is 1. The molecule has 0 spiro atoms. The number of fused-ring (bicyclic) bond motifs is 2. The maximum atomic E-state index is 5.84. The Labute approximate surface area is 128 Å². The smallest absolute Gasteiger partial charge is 0.152 e. The summed E-state index contributed by atoms with van der Waals surface area (Å²) in [5, 5.41) is 8.01. The summed E-state index contributed by atoms with van der Waals surface area (Å²) < 4.78 is 7.70. The van der Waals surface area contributed by atoms with Crippen LogP contribution in [0.5, 0.6) is 5.75 Å². The van der Waals surface area contributed by atoms with E-state index in [0.29, 0.717) is 0 Å². The number of rotatable bonds is 2. The zero-order valence-corrected chi connectivity index (χ0v) is 12.7. The summed E-state index contributed by atoms with van der Waals surface area (Å²) in [6.07, 6.45) is 4.57. The molecule has 0 unspecified atom stereocenters. The molecule has 1 atom stereocenters. The minimum absolute atomic E-state index is 0.206. The van der Waals surface area contributed by atoms with Crippen molar-refractivity contribution in [3.05, 3.63) is 53.5 Å². The molecule has 3 aromatic rings. The molecule has 0 saturated carbocycles. The lowest BCUT2D eigenvalue weighted by Crippen LogP contribution is -2.21. The fourth-order valence-corrected chi connectivity index (χ4v) is 3.05. The van der Waals surface area contributed by atoms with E-state index >= 15 is 0 Å². The first-order chi connectivity index (χ1) is 10.7. The van der Waals surface area contributed by atoms with Crippen LogP contribution in [0.15, 0.2) is 36.7 Å². The third-order valence-corrected chi connectivity index (χ3v) is 4.09. The van der Waals surface area contributed by atoms with Crippen molar-refractivity contribution in [2.24, 2.45) is 0 Å². The molecule has 2 aromatic heterocycles. The van der Waals surface area contributed by atoms with Gasteiger partial charge in [0.05, 0.1) is 18.3 Å². The van der Waals surface area contributed by atoms with Crippen LogP contribution in [-0.4, -0.2) is 21.2 Å². The molecule has 0 fully saturated rings. The molecule has 5 nitrogen and oxygen atoms in total. The average Bonchev–Trinajstić information content (AvgIpc) is 2.90. The van der Waals surface area contributed by atoms with E-state index in [-0.39, 0.29) is 6.04 Å². The van der Waals surface area contributed by atoms with Gasteiger partial charge in [-0.2, -0.15) is 5.10 Å². The molecule has 1 aliphatic heterocycles. The second kappa shape index (κ2) is 5.02. The highest BCUT2D eigenvalue weighted by molar-refractivity contribution is 5.68. The van der Waals surface area contributed by atoms with Crippen LogP contribution in [0.1, 0.15) is 29.3 Å². The third-order valence-electron chi connectivity index (χ3n) is 4.09. The summed E-state index contributed by atoms with van der Waals surface area (Å²) in [4.78, 5) is 4.50. The van der Waals surface area contributed by atoms with Gasteiger partial charge in [0.25, 0.3) is 0 Å². The molecular formula is C17H18N4O. The normalized spacial score (nSPS) is 17.1. The molecular weight excluding hydrogens is 276 g/mol. The largest absolute Gasteiger partial charge is 0.493 e. The summed E-state index contributed by atoms with van der Waals surface area (Å²) in [6.45, 7) is 4.79. The van der Waals surface area contributed by atoms with E-state index in [1.807, 2.05) is 23.7 Å². The Morgan fingerprint density at radius 1 is 1.32 bits per heavy atom. The quantitative estimate of drug-likeness (QED) is 0.788. The van der Waals surface area contributed by atoms with Gasteiger partial charge in [0.2, 0.25) is 0 Å². The molecule has 22 heavy (non-hydrogen) atoms. The SMILES string of the molecule is Cc1cc2c(N[C@@H]3CCOc4c(C)cccc43)nccn2n1. The van der Waals surface area contributed by atoms with Crippen molar-refractivity contribution >= 4 is 11.3 Å². The van der Waals surface area contributed by atoms with Gasteiger partial charge in [-0.15, -0.1) is 0 Å². The molecule has 0 aliphatic carbocycles. The molecule has 5 heteroatoms. The van der Waals surface area contributed by atoms with E-state index in [1.165, 1.54) is 11.1 Å². The Kier molecular flexibility index (Phi) is 2.99. The third kappa shape index (κ3) is 2.09. The second-order valence-corrected chi connectivity index (χ2v) is 5.72. The minimum Gasteiger partial charge on any atom is -0.493 e. The maximum Gasteiger partial charge on any atom is 0.152 e. The van der Waals surface area contributed by atoms with Gasteiger partial charge in [-0.3, -0.25) is 0 Å². The summed E-state index contributed by atoms with van der Waals surface area (Å²) >= 11 is 0. The molecule has 0 bridgehead atoms. The van der Waals surface area contributed by atoms with Crippen LogP contribution in [0.3, 0.4) is 0 Å². The Morgan fingerprint density at radius 3 is 3.14 bits per heavy atom. The topological polar surface area (TPSA) is 51.5 Å². The standard InChI is InChI=1S/C17H18N4O/c1-11-4-3-5-13-14(6-9-22-16(11)13)19-17-15-10-12(2)20-21(15)8-7-18-17/h3-5,7-8,10,14H,6,9H2,1-2H3,(H,18,19)/t14-/m1/s1. The summed E-state index contributed by atoms with van der Waals surface area (Å²) in [7, 11) is 0. The highest BCUT2D eigenvalue weighted by Crippen LogP contribution is 2.36. The van der Waals surface area contributed by atoms with Crippen molar-refractivity contribution < 1.29 is 4.74 Å². The second-order valence-electron chi connectivity index (χ2n) is 5.72. The van der Waals surface area contributed by atoms with Crippen LogP contribution < -0.4 is 10.1 Å². The van der Waals surface area contributed by atoms with Crippen molar-refractivity contribution in [1.29, 1.82) is 0 Å². The molecule has 1 aliphatic rings. The zero-order valence-electron chi connectivity index (χ0n) is 12.7. The zero-order chi connectivity index (χ0) is 15.1. The first-order valence-corrected chi connectivity index (χ1v) is 7.52. The molecule has 4 rings (SSSR count). The lowest BCUT2D eigenvalue weighted by Gasteiger charge is -2.28. The highest BCUT2D eigenvalue weighted by atomic mass is 16.5. The number of anilines is 1. The fraction of sp³-hybridized carbons (Fsp3) is 0.294. The summed E-state index contributed by atoms with van der Waals surface area (Å²) in [5.41, 5.74) is 4.36. The average molecular weight is 294 g/mol. The lowest BCUT2D eigenvalue weighted by atomic mass is 9.98. The number of nitrogens with one attached hydrogen (secondary N) is 1. The van der Waals surface area contributed by atoms with Gasteiger partial charge >= 0.3 is 0 Å². The Hall–Kier alpha value is -2.56. The van der Waals surface area contributed by atoms with Crippen molar-refractivity contribution in [2.75, 3.05) is 11.9 Å². The molecule has 112 valence electrons. The van der Waals surface area contributed by atoms with Gasteiger partial charge in [-0.25, -0.2) is 9.50 Å². The minimum atomic E-state index is 0.206. The van der Waals surface area contributed by atoms with Gasteiger partial charge in [0.1, 0.15) is 11.3 Å². The van der Waals surface area contributed by atoms with Crippen molar-refractivity contribution in [3.63, 3.8) is 0 Å². The van der Waals surface area contributed by atoms with Crippen molar-refractivity contribution in [2.45, 2.75) is 26.3 Å². The number of aromatic nitrogens is 3. The van der Waals surface area contributed by atoms with Gasteiger partial charge in [-0.05, 0) is 25.5 Å². The van der Waals surface area contributed by atoms with E-state index in [4.69, 9.17) is 4.74 Å². The van der Waals surface area contributed by atoms with Gasteiger partial charge in [-0.1, -0.05) is 18.2 Å². The van der Waals surface area contributed by atoms with E-state index in [2.05, 4.69) is 40.5 Å². The van der Waals surface area contributed by atoms with Crippen LogP contribution >= 0.6 is 0 Å². The van der Waals surface area contributed by atoms with Crippen LogP contribution in [0.25, 0.3) is 5.52 Å². The van der Waals surface area contributed by atoms with Gasteiger partial charge < -0.3 is 10.1 Å². The molecule has 1 N–H and O–H groups in total. The van der Waals surface area contributed by atoms with E-state index in [1.54, 1.807) is 6.20 Å². The number of para-hydroxylation sites is 1. The summed E-state index contributed by atoms with van der Waals surface area (Å²) in [6, 6.07) is 8.54. The molecule has 1 aromatic carbocycles. The Balaban J connectivity index is 1.74. The predicted molar refractivity (Wildman–Crippen MR) is 85.4 cm³/mol. The van der Waals surface area contributed by atoms with Crippen LogP contribution in [0, 0.1) is 13.8 Å². The summed E-state index contributed by atoms with van der Waals surface area (Å²) in [5.74, 6) is 1.87. The van der Waals surface area contributed by atoms with E-state index in [9.17, 15) is 0 Å². The maximum absolute atomic E-state index is 5.84. The predicted octanol–water partition coefficient (Wildman–Crippen LogP) is 3.28. The highest BCUT2D eigenvalue weighted by Gasteiger charge is 2.23. The number of hydrogen-bond acceptors (Lipinski definition) is 4.